The number of benzene rings is 2. The highest BCUT2D eigenvalue weighted by Gasteiger charge is 2.27. The third-order valence-corrected chi connectivity index (χ3v) is 6.34. The van der Waals surface area contributed by atoms with Gasteiger partial charge in [-0.2, -0.15) is 0 Å². The van der Waals surface area contributed by atoms with Gasteiger partial charge < -0.3 is 14.5 Å². The maximum Gasteiger partial charge on any atom is 0.237 e. The van der Waals surface area contributed by atoms with Crippen molar-refractivity contribution in [2.24, 2.45) is 0 Å². The molecule has 1 fully saturated rings. The van der Waals surface area contributed by atoms with Crippen molar-refractivity contribution >= 4 is 11.6 Å². The van der Waals surface area contributed by atoms with E-state index in [1.807, 2.05) is 17.0 Å². The molecule has 2 aromatic rings. The lowest BCUT2D eigenvalue weighted by molar-refractivity contribution is -0.133. The van der Waals surface area contributed by atoms with Gasteiger partial charge in [0.1, 0.15) is 5.75 Å². The van der Waals surface area contributed by atoms with Gasteiger partial charge in [0, 0.05) is 38.8 Å². The number of fused-ring (bicyclic) bond motifs is 1. The van der Waals surface area contributed by atoms with E-state index in [1.54, 1.807) is 7.11 Å². The lowest BCUT2D eigenvalue weighted by Gasteiger charge is -2.32. The van der Waals surface area contributed by atoms with Crippen LogP contribution < -0.4 is 9.64 Å². The topological polar surface area (TPSA) is 36.0 Å². The zero-order chi connectivity index (χ0) is 20.2. The summed E-state index contributed by atoms with van der Waals surface area (Å²) in [6.45, 7) is 7.07. The molecule has 1 atom stereocenters. The molecule has 4 rings (SSSR count). The molecule has 0 bridgehead atoms. The lowest BCUT2D eigenvalue weighted by atomic mass is 10.00. The SMILES string of the molecule is COc1ccccc1N1CC[C@H](C)N(CC(=O)N2CCc3ccccc3C2)CC1. The molecule has 0 unspecified atom stereocenters. The number of carbonyl (C=O) groups excluding carboxylic acids is 1. The molecule has 0 aliphatic carbocycles. The van der Waals surface area contributed by atoms with Crippen LogP contribution in [-0.4, -0.2) is 61.6 Å². The van der Waals surface area contributed by atoms with E-state index in [2.05, 4.69) is 53.1 Å². The molecule has 0 saturated carbocycles. The predicted octanol–water partition coefficient (Wildman–Crippen LogP) is 3.18. The summed E-state index contributed by atoms with van der Waals surface area (Å²) < 4.78 is 5.55. The molecule has 1 saturated heterocycles. The van der Waals surface area contributed by atoms with Crippen molar-refractivity contribution < 1.29 is 9.53 Å². The number of ether oxygens (including phenoxy) is 1. The minimum Gasteiger partial charge on any atom is -0.495 e. The normalized spacial score (nSPS) is 20.1. The fourth-order valence-corrected chi connectivity index (χ4v) is 4.46. The van der Waals surface area contributed by atoms with Gasteiger partial charge >= 0.3 is 0 Å². The highest BCUT2D eigenvalue weighted by atomic mass is 16.5. The third kappa shape index (κ3) is 4.40. The molecule has 0 radical (unpaired) electrons. The fraction of sp³-hybridized carbons (Fsp3) is 0.458. The number of hydrogen-bond donors (Lipinski definition) is 0. The molecule has 2 aromatic carbocycles. The Hall–Kier alpha value is -2.53. The number of anilines is 1. The molecule has 29 heavy (non-hydrogen) atoms. The summed E-state index contributed by atoms with van der Waals surface area (Å²) >= 11 is 0. The Labute approximate surface area is 173 Å². The number of hydrogen-bond acceptors (Lipinski definition) is 4. The van der Waals surface area contributed by atoms with Gasteiger partial charge in [-0.05, 0) is 43.0 Å². The third-order valence-electron chi connectivity index (χ3n) is 6.34. The molecular formula is C24H31N3O2. The maximum absolute atomic E-state index is 13.0. The molecule has 1 amide bonds. The van der Waals surface area contributed by atoms with Crippen molar-refractivity contribution in [3.05, 3.63) is 59.7 Å². The second kappa shape index (κ2) is 8.87. The molecule has 5 nitrogen and oxygen atoms in total. The first-order valence-electron chi connectivity index (χ1n) is 10.6. The van der Waals surface area contributed by atoms with Gasteiger partial charge in [-0.3, -0.25) is 9.69 Å². The first-order valence-corrected chi connectivity index (χ1v) is 10.6. The van der Waals surface area contributed by atoms with Gasteiger partial charge in [0.05, 0.1) is 19.3 Å². The summed E-state index contributed by atoms with van der Waals surface area (Å²) in [5.74, 6) is 1.16. The number of carbonyl (C=O) groups is 1. The average Bonchev–Trinajstić information content (AvgIpc) is 2.95. The summed E-state index contributed by atoms with van der Waals surface area (Å²) in [5.41, 5.74) is 3.81. The second-order valence-electron chi connectivity index (χ2n) is 8.10. The van der Waals surface area contributed by atoms with Crippen molar-refractivity contribution in [3.63, 3.8) is 0 Å². The summed E-state index contributed by atoms with van der Waals surface area (Å²) in [5, 5.41) is 0. The zero-order valence-corrected chi connectivity index (χ0v) is 17.5. The summed E-state index contributed by atoms with van der Waals surface area (Å²) in [7, 11) is 1.72. The summed E-state index contributed by atoms with van der Waals surface area (Å²) in [6.07, 6.45) is 1.99. The Kier molecular flexibility index (Phi) is 6.05. The Morgan fingerprint density at radius 2 is 1.76 bits per heavy atom. The van der Waals surface area contributed by atoms with Crippen LogP contribution in [0.5, 0.6) is 5.75 Å². The maximum atomic E-state index is 13.0. The Bertz CT molecular complexity index is 854. The molecule has 2 heterocycles. The number of rotatable bonds is 4. The van der Waals surface area contributed by atoms with E-state index in [9.17, 15) is 4.79 Å². The molecule has 0 aromatic heterocycles. The van der Waals surface area contributed by atoms with Gasteiger partial charge in [-0.15, -0.1) is 0 Å². The summed E-state index contributed by atoms with van der Waals surface area (Å²) in [6, 6.07) is 17.1. The van der Waals surface area contributed by atoms with Crippen molar-refractivity contribution in [2.75, 3.05) is 44.7 Å². The highest BCUT2D eigenvalue weighted by Crippen LogP contribution is 2.29. The van der Waals surface area contributed by atoms with Crippen LogP contribution in [0.4, 0.5) is 5.69 Å². The molecule has 5 heteroatoms. The van der Waals surface area contributed by atoms with Gasteiger partial charge in [0.15, 0.2) is 0 Å². The van der Waals surface area contributed by atoms with Crippen LogP contribution in [0.15, 0.2) is 48.5 Å². The number of nitrogens with zero attached hydrogens (tertiary/aromatic N) is 3. The lowest BCUT2D eigenvalue weighted by Crippen LogP contribution is -2.45. The number of amides is 1. The van der Waals surface area contributed by atoms with Crippen LogP contribution in [-0.2, 0) is 17.8 Å². The first kappa shape index (κ1) is 19.8. The van der Waals surface area contributed by atoms with Crippen molar-refractivity contribution in [3.8, 4) is 5.75 Å². The van der Waals surface area contributed by atoms with Crippen LogP contribution in [0.1, 0.15) is 24.5 Å². The quantitative estimate of drug-likeness (QED) is 0.799. The minimum absolute atomic E-state index is 0.247. The van der Waals surface area contributed by atoms with Gasteiger partial charge in [0.2, 0.25) is 5.91 Å². The van der Waals surface area contributed by atoms with Crippen molar-refractivity contribution in [1.29, 1.82) is 0 Å². The van der Waals surface area contributed by atoms with E-state index in [-0.39, 0.29) is 5.91 Å². The first-order chi connectivity index (χ1) is 14.2. The van der Waals surface area contributed by atoms with Crippen molar-refractivity contribution in [1.82, 2.24) is 9.80 Å². The molecule has 0 spiro atoms. The van der Waals surface area contributed by atoms with Crippen LogP contribution >= 0.6 is 0 Å². The standard InChI is InChI=1S/C24H31N3O2/c1-19-11-13-25(22-9-5-6-10-23(22)29-2)15-16-26(19)18-24(28)27-14-12-20-7-3-4-8-21(20)17-27/h3-10,19H,11-18H2,1-2H3/t19-/m0/s1. The number of methoxy groups -OCH3 is 1. The van der Waals surface area contributed by atoms with Gasteiger partial charge in [0.25, 0.3) is 0 Å². The molecular weight excluding hydrogens is 362 g/mol. The van der Waals surface area contributed by atoms with Crippen molar-refractivity contribution in [2.45, 2.75) is 32.4 Å². The number of para-hydroxylation sites is 2. The molecule has 2 aliphatic rings. The molecule has 2 aliphatic heterocycles. The smallest absolute Gasteiger partial charge is 0.237 e. The zero-order valence-electron chi connectivity index (χ0n) is 17.5. The Morgan fingerprint density at radius 3 is 2.59 bits per heavy atom. The van der Waals surface area contributed by atoms with E-state index >= 15 is 0 Å². The average molecular weight is 394 g/mol. The van der Waals surface area contributed by atoms with Crippen LogP contribution in [0, 0.1) is 0 Å². The van der Waals surface area contributed by atoms with Crippen LogP contribution in [0.3, 0.4) is 0 Å². The molecule has 0 N–H and O–H groups in total. The Morgan fingerprint density at radius 1 is 1.00 bits per heavy atom. The van der Waals surface area contributed by atoms with E-state index in [4.69, 9.17) is 4.74 Å². The predicted molar refractivity (Wildman–Crippen MR) is 116 cm³/mol. The van der Waals surface area contributed by atoms with E-state index < -0.39 is 0 Å². The monoisotopic (exact) mass is 393 g/mol. The van der Waals surface area contributed by atoms with E-state index in [0.29, 0.717) is 12.6 Å². The van der Waals surface area contributed by atoms with Crippen LogP contribution in [0.25, 0.3) is 0 Å². The largest absolute Gasteiger partial charge is 0.495 e. The second-order valence-corrected chi connectivity index (χ2v) is 8.10. The van der Waals surface area contributed by atoms with Gasteiger partial charge in [-0.1, -0.05) is 36.4 Å². The minimum atomic E-state index is 0.247. The highest BCUT2D eigenvalue weighted by molar-refractivity contribution is 5.78. The molecule has 154 valence electrons. The van der Waals surface area contributed by atoms with E-state index in [0.717, 1.165) is 57.0 Å². The Balaban J connectivity index is 1.39. The van der Waals surface area contributed by atoms with Gasteiger partial charge in [-0.25, -0.2) is 0 Å². The van der Waals surface area contributed by atoms with E-state index in [1.165, 1.54) is 11.1 Å². The van der Waals surface area contributed by atoms with Crippen LogP contribution in [0.2, 0.25) is 0 Å². The summed E-state index contributed by atoms with van der Waals surface area (Å²) in [4.78, 5) is 19.8. The fourth-order valence-electron chi connectivity index (χ4n) is 4.46.